The molecule has 8 heteroatoms. The molecule has 1 aliphatic heterocycles. The molecule has 0 amide bonds. The van der Waals surface area contributed by atoms with E-state index in [1.54, 1.807) is 6.07 Å². The lowest BCUT2D eigenvalue weighted by atomic mass is 10.0. The van der Waals surface area contributed by atoms with Gasteiger partial charge < -0.3 is 9.64 Å². The van der Waals surface area contributed by atoms with E-state index in [4.69, 9.17) is 4.74 Å². The molecular weight excluding hydrogens is 432 g/mol. The molecule has 1 aromatic carbocycles. The highest BCUT2D eigenvalue weighted by Gasteiger charge is 2.27. The van der Waals surface area contributed by atoms with Crippen LogP contribution in [0, 0.1) is 5.92 Å². The maximum absolute atomic E-state index is 12.7. The molecule has 1 aromatic rings. The number of sulfonamides is 1. The average Bonchev–Trinajstić information content (AvgIpc) is 3.16. The van der Waals surface area contributed by atoms with Crippen molar-refractivity contribution in [2.24, 2.45) is 5.92 Å². The van der Waals surface area contributed by atoms with E-state index in [0.29, 0.717) is 4.47 Å². The van der Waals surface area contributed by atoms with E-state index in [1.165, 1.54) is 44.9 Å². The standard InChI is InChI=1S/C19H27BrN2O4S/c1-26-19(23)17-12-16(6-7-18(17)20)27(24,25)21-15-8-10-22(11-9-15)13-14-4-2-3-5-14/h6-7,12,14-15,21H,2-5,8-11,13H2,1H3. The number of rotatable bonds is 6. The Bertz CT molecular complexity index is 770. The summed E-state index contributed by atoms with van der Waals surface area (Å²) < 4.78 is 33.5. The molecule has 0 aromatic heterocycles. The number of likely N-dealkylation sites (tertiary alicyclic amines) is 1. The minimum Gasteiger partial charge on any atom is -0.465 e. The van der Waals surface area contributed by atoms with Crippen LogP contribution in [0.5, 0.6) is 0 Å². The first-order valence-corrected chi connectivity index (χ1v) is 11.8. The van der Waals surface area contributed by atoms with Crippen molar-refractivity contribution in [1.29, 1.82) is 0 Å². The second-order valence-electron chi connectivity index (χ2n) is 7.48. The fourth-order valence-corrected chi connectivity index (χ4v) is 5.76. The topological polar surface area (TPSA) is 75.7 Å². The van der Waals surface area contributed by atoms with Crippen molar-refractivity contribution in [3.8, 4) is 0 Å². The van der Waals surface area contributed by atoms with E-state index in [0.717, 1.165) is 38.4 Å². The van der Waals surface area contributed by atoms with Crippen LogP contribution in [0.2, 0.25) is 0 Å². The predicted molar refractivity (Wildman–Crippen MR) is 107 cm³/mol. The molecule has 1 saturated carbocycles. The van der Waals surface area contributed by atoms with Gasteiger partial charge in [0.2, 0.25) is 10.0 Å². The fourth-order valence-electron chi connectivity index (χ4n) is 4.02. The van der Waals surface area contributed by atoms with Crippen molar-refractivity contribution >= 4 is 31.9 Å². The number of benzene rings is 1. The summed E-state index contributed by atoms with van der Waals surface area (Å²) in [6.07, 6.45) is 6.99. The van der Waals surface area contributed by atoms with Gasteiger partial charge in [-0.1, -0.05) is 12.8 Å². The van der Waals surface area contributed by atoms with Crippen LogP contribution in [0.15, 0.2) is 27.6 Å². The van der Waals surface area contributed by atoms with Gasteiger partial charge in [0.15, 0.2) is 0 Å². The summed E-state index contributed by atoms with van der Waals surface area (Å²) in [6.45, 7) is 3.00. The van der Waals surface area contributed by atoms with Gasteiger partial charge in [0.25, 0.3) is 0 Å². The normalized spacial score (nSPS) is 20.1. The monoisotopic (exact) mass is 458 g/mol. The third-order valence-electron chi connectivity index (χ3n) is 5.55. The highest BCUT2D eigenvalue weighted by Crippen LogP contribution is 2.27. The largest absolute Gasteiger partial charge is 0.465 e. The molecule has 27 heavy (non-hydrogen) atoms. The fraction of sp³-hybridized carbons (Fsp3) is 0.632. The number of hydrogen-bond donors (Lipinski definition) is 1. The molecule has 1 aliphatic carbocycles. The molecule has 1 N–H and O–H groups in total. The van der Waals surface area contributed by atoms with Gasteiger partial charge in [0, 0.05) is 17.1 Å². The number of halogens is 1. The molecule has 0 radical (unpaired) electrons. The summed E-state index contributed by atoms with van der Waals surface area (Å²) in [7, 11) is -2.41. The summed E-state index contributed by atoms with van der Waals surface area (Å²) in [5.41, 5.74) is 0.201. The van der Waals surface area contributed by atoms with Gasteiger partial charge >= 0.3 is 5.97 Å². The lowest BCUT2D eigenvalue weighted by Gasteiger charge is -2.33. The Morgan fingerprint density at radius 1 is 1.22 bits per heavy atom. The van der Waals surface area contributed by atoms with Crippen LogP contribution in [-0.4, -0.2) is 52.1 Å². The Labute approximate surface area is 169 Å². The molecule has 0 spiro atoms. The van der Waals surface area contributed by atoms with Crippen LogP contribution in [-0.2, 0) is 14.8 Å². The Balaban J connectivity index is 1.59. The molecule has 1 heterocycles. The van der Waals surface area contributed by atoms with E-state index in [-0.39, 0.29) is 16.5 Å². The summed E-state index contributed by atoms with van der Waals surface area (Å²) in [5, 5.41) is 0. The van der Waals surface area contributed by atoms with Gasteiger partial charge in [-0.3, -0.25) is 0 Å². The Morgan fingerprint density at radius 2 is 1.89 bits per heavy atom. The van der Waals surface area contributed by atoms with Gasteiger partial charge in [-0.15, -0.1) is 0 Å². The van der Waals surface area contributed by atoms with Crippen LogP contribution in [0.25, 0.3) is 0 Å². The number of piperidine rings is 1. The second kappa shape index (κ2) is 9.03. The van der Waals surface area contributed by atoms with Crippen LogP contribution in [0.4, 0.5) is 0 Å². The molecule has 2 aliphatic rings. The summed E-state index contributed by atoms with van der Waals surface area (Å²) in [5.74, 6) is 0.247. The average molecular weight is 459 g/mol. The minimum atomic E-state index is -3.68. The van der Waals surface area contributed by atoms with Gasteiger partial charge in [0.1, 0.15) is 0 Å². The molecule has 2 fully saturated rings. The SMILES string of the molecule is COC(=O)c1cc(S(=O)(=O)NC2CCN(CC3CCCC3)CC2)ccc1Br. The van der Waals surface area contributed by atoms with Gasteiger partial charge in [0.05, 0.1) is 17.6 Å². The van der Waals surface area contributed by atoms with Crippen LogP contribution in [0.3, 0.4) is 0 Å². The van der Waals surface area contributed by atoms with E-state index in [9.17, 15) is 13.2 Å². The first kappa shape index (κ1) is 20.8. The van der Waals surface area contributed by atoms with E-state index >= 15 is 0 Å². The predicted octanol–water partition coefficient (Wildman–Crippen LogP) is 3.17. The molecular formula is C19H27BrN2O4S. The van der Waals surface area contributed by atoms with Crippen molar-refractivity contribution in [3.63, 3.8) is 0 Å². The summed E-state index contributed by atoms with van der Waals surface area (Å²) in [4.78, 5) is 14.4. The van der Waals surface area contributed by atoms with E-state index in [2.05, 4.69) is 25.6 Å². The van der Waals surface area contributed by atoms with E-state index < -0.39 is 16.0 Å². The Kier molecular flexibility index (Phi) is 6.94. The van der Waals surface area contributed by atoms with Crippen LogP contribution >= 0.6 is 15.9 Å². The number of methoxy groups -OCH3 is 1. The summed E-state index contributed by atoms with van der Waals surface area (Å²) in [6, 6.07) is 4.34. The second-order valence-corrected chi connectivity index (χ2v) is 10.0. The molecule has 0 bridgehead atoms. The Morgan fingerprint density at radius 3 is 2.52 bits per heavy atom. The molecule has 150 valence electrons. The van der Waals surface area contributed by atoms with Crippen molar-refractivity contribution in [1.82, 2.24) is 9.62 Å². The van der Waals surface area contributed by atoms with Crippen LogP contribution < -0.4 is 4.72 Å². The van der Waals surface area contributed by atoms with Crippen LogP contribution in [0.1, 0.15) is 48.9 Å². The minimum absolute atomic E-state index is 0.0694. The number of hydrogen-bond acceptors (Lipinski definition) is 5. The maximum atomic E-state index is 12.7. The number of nitrogens with one attached hydrogen (secondary N) is 1. The lowest BCUT2D eigenvalue weighted by Crippen LogP contribution is -2.45. The zero-order valence-corrected chi connectivity index (χ0v) is 18.0. The molecule has 6 nitrogen and oxygen atoms in total. The van der Waals surface area contributed by atoms with Gasteiger partial charge in [-0.05, 0) is 78.8 Å². The molecule has 1 saturated heterocycles. The number of carbonyl (C=O) groups is 1. The third-order valence-corrected chi connectivity index (χ3v) is 7.76. The van der Waals surface area contributed by atoms with Gasteiger partial charge in [-0.25, -0.2) is 17.9 Å². The smallest absolute Gasteiger partial charge is 0.339 e. The molecule has 0 atom stereocenters. The number of carbonyl (C=O) groups excluding carboxylic acids is 1. The molecule has 0 unspecified atom stereocenters. The number of nitrogens with zero attached hydrogens (tertiary/aromatic N) is 1. The van der Waals surface area contributed by atoms with E-state index in [1.807, 2.05) is 0 Å². The highest BCUT2D eigenvalue weighted by atomic mass is 79.9. The number of esters is 1. The zero-order chi connectivity index (χ0) is 19.4. The molecule has 3 rings (SSSR count). The quantitative estimate of drug-likeness (QED) is 0.662. The Hall–Kier alpha value is -0.960. The highest BCUT2D eigenvalue weighted by molar-refractivity contribution is 9.10. The lowest BCUT2D eigenvalue weighted by molar-refractivity contribution is 0.0599. The number of ether oxygens (including phenoxy) is 1. The first-order chi connectivity index (χ1) is 12.9. The van der Waals surface area contributed by atoms with Crippen molar-refractivity contribution in [2.75, 3.05) is 26.7 Å². The maximum Gasteiger partial charge on any atom is 0.339 e. The summed E-state index contributed by atoms with van der Waals surface area (Å²) >= 11 is 3.26. The van der Waals surface area contributed by atoms with Crippen molar-refractivity contribution in [3.05, 3.63) is 28.2 Å². The first-order valence-electron chi connectivity index (χ1n) is 9.51. The van der Waals surface area contributed by atoms with Gasteiger partial charge in [-0.2, -0.15) is 0 Å². The van der Waals surface area contributed by atoms with Crippen molar-refractivity contribution < 1.29 is 17.9 Å². The van der Waals surface area contributed by atoms with Crippen molar-refractivity contribution in [2.45, 2.75) is 49.5 Å². The zero-order valence-electron chi connectivity index (χ0n) is 15.6. The third kappa shape index (κ3) is 5.31.